The van der Waals surface area contributed by atoms with Crippen molar-refractivity contribution >= 4 is 27.9 Å². The van der Waals surface area contributed by atoms with Gasteiger partial charge in [-0.05, 0) is 32.4 Å². The van der Waals surface area contributed by atoms with Crippen LogP contribution >= 0.6 is 0 Å². The van der Waals surface area contributed by atoms with Crippen LogP contribution in [0, 0.1) is 0 Å². The lowest BCUT2D eigenvalue weighted by atomic mass is 10.1. The van der Waals surface area contributed by atoms with E-state index in [1.54, 1.807) is 4.57 Å². The summed E-state index contributed by atoms with van der Waals surface area (Å²) in [4.78, 5) is 12.6. The van der Waals surface area contributed by atoms with Crippen LogP contribution in [0.3, 0.4) is 0 Å². The first-order valence-corrected chi connectivity index (χ1v) is 7.25. The Balaban J connectivity index is 2.22. The summed E-state index contributed by atoms with van der Waals surface area (Å²) in [7, 11) is 0. The van der Waals surface area contributed by atoms with Gasteiger partial charge in [-0.3, -0.25) is 0 Å². The molecule has 0 aliphatic carbocycles. The van der Waals surface area contributed by atoms with Crippen molar-refractivity contribution in [3.63, 3.8) is 0 Å². The predicted octanol–water partition coefficient (Wildman–Crippen LogP) is 4.97. The molecule has 108 valence electrons. The number of benzene rings is 2. The lowest BCUT2D eigenvalue weighted by molar-refractivity contribution is 0.0385. The van der Waals surface area contributed by atoms with Gasteiger partial charge in [0.25, 0.3) is 0 Å². The summed E-state index contributed by atoms with van der Waals surface area (Å²) in [6, 6.07) is 15.8. The van der Waals surface area contributed by atoms with Gasteiger partial charge in [0.2, 0.25) is 0 Å². The Labute approximate surface area is 124 Å². The summed E-state index contributed by atoms with van der Waals surface area (Å²) in [6.45, 7) is 5.87. The summed E-state index contributed by atoms with van der Waals surface area (Å²) in [6.07, 6.45) is 0.454. The largest absolute Gasteiger partial charge is 0.443 e. The van der Waals surface area contributed by atoms with E-state index in [0.717, 1.165) is 28.2 Å². The summed E-state index contributed by atoms with van der Waals surface area (Å²) < 4.78 is 7.34. The SMILES string of the molecule is CCC(C)(C)OC(=O)n1c2ccccc2c2ccccc21. The maximum Gasteiger partial charge on any atom is 0.419 e. The molecule has 0 amide bonds. The Bertz CT molecular complexity index is 761. The van der Waals surface area contributed by atoms with Crippen molar-refractivity contribution in [1.82, 2.24) is 4.57 Å². The summed E-state index contributed by atoms with van der Waals surface area (Å²) in [5, 5.41) is 2.14. The number of hydrogen-bond donors (Lipinski definition) is 0. The molecule has 2 aromatic carbocycles. The van der Waals surface area contributed by atoms with Crippen molar-refractivity contribution in [2.45, 2.75) is 32.8 Å². The van der Waals surface area contributed by atoms with Gasteiger partial charge in [0, 0.05) is 10.8 Å². The number of ether oxygens (including phenoxy) is 1. The molecule has 3 nitrogen and oxygen atoms in total. The van der Waals surface area contributed by atoms with Gasteiger partial charge in [0.1, 0.15) is 5.60 Å². The zero-order valence-corrected chi connectivity index (χ0v) is 12.6. The van der Waals surface area contributed by atoms with Crippen LogP contribution in [0.15, 0.2) is 48.5 Å². The minimum absolute atomic E-state index is 0.320. The fraction of sp³-hybridized carbons (Fsp3) is 0.278. The number of carbonyl (C=O) groups excluding carboxylic acids is 1. The van der Waals surface area contributed by atoms with Crippen LogP contribution in [0.5, 0.6) is 0 Å². The zero-order valence-electron chi connectivity index (χ0n) is 12.6. The van der Waals surface area contributed by atoms with Crippen LogP contribution in [0.4, 0.5) is 4.79 Å². The van der Waals surface area contributed by atoms with Crippen molar-refractivity contribution in [1.29, 1.82) is 0 Å². The minimum atomic E-state index is -0.469. The summed E-state index contributed by atoms with van der Waals surface area (Å²) in [5.74, 6) is 0. The first-order chi connectivity index (χ1) is 10.0. The van der Waals surface area contributed by atoms with Gasteiger partial charge in [0.15, 0.2) is 0 Å². The molecule has 1 heterocycles. The van der Waals surface area contributed by atoms with E-state index in [4.69, 9.17) is 4.74 Å². The van der Waals surface area contributed by atoms with Gasteiger partial charge in [-0.1, -0.05) is 43.3 Å². The topological polar surface area (TPSA) is 31.2 Å². The number of nitrogens with zero attached hydrogens (tertiary/aromatic N) is 1. The van der Waals surface area contributed by atoms with Crippen molar-refractivity contribution in [3.05, 3.63) is 48.5 Å². The monoisotopic (exact) mass is 281 g/mol. The number of hydrogen-bond acceptors (Lipinski definition) is 2. The average molecular weight is 281 g/mol. The fourth-order valence-electron chi connectivity index (χ4n) is 2.47. The standard InChI is InChI=1S/C18H19NO2/c1-4-18(2,3)21-17(20)19-15-11-7-5-9-13(15)14-10-6-8-12-16(14)19/h5-12H,4H2,1-3H3. The third kappa shape index (κ3) is 2.29. The molecule has 0 unspecified atom stereocenters. The molecular weight excluding hydrogens is 262 g/mol. The van der Waals surface area contributed by atoms with E-state index >= 15 is 0 Å². The Morgan fingerprint density at radius 2 is 1.48 bits per heavy atom. The van der Waals surface area contributed by atoms with E-state index in [2.05, 4.69) is 0 Å². The molecule has 1 aromatic heterocycles. The first kappa shape index (κ1) is 13.7. The van der Waals surface area contributed by atoms with Crippen LogP contribution in [-0.4, -0.2) is 16.3 Å². The van der Waals surface area contributed by atoms with Crippen LogP contribution in [0.25, 0.3) is 21.8 Å². The number of carbonyl (C=O) groups is 1. The van der Waals surface area contributed by atoms with E-state index in [1.807, 2.05) is 69.3 Å². The third-order valence-electron chi connectivity index (χ3n) is 3.98. The van der Waals surface area contributed by atoms with Crippen molar-refractivity contribution in [2.75, 3.05) is 0 Å². The molecule has 0 bridgehead atoms. The molecule has 0 saturated heterocycles. The molecule has 3 rings (SSSR count). The van der Waals surface area contributed by atoms with E-state index in [-0.39, 0.29) is 6.09 Å². The quantitative estimate of drug-likeness (QED) is 0.664. The molecule has 0 radical (unpaired) electrons. The average Bonchev–Trinajstić information content (AvgIpc) is 2.81. The van der Waals surface area contributed by atoms with Gasteiger partial charge in [-0.2, -0.15) is 0 Å². The van der Waals surface area contributed by atoms with Gasteiger partial charge in [-0.15, -0.1) is 0 Å². The van der Waals surface area contributed by atoms with Gasteiger partial charge >= 0.3 is 6.09 Å². The molecule has 3 heteroatoms. The Hall–Kier alpha value is -2.29. The van der Waals surface area contributed by atoms with Crippen LogP contribution < -0.4 is 0 Å². The highest BCUT2D eigenvalue weighted by Gasteiger charge is 2.24. The van der Waals surface area contributed by atoms with E-state index in [9.17, 15) is 4.79 Å². The Kier molecular flexibility index (Phi) is 3.20. The lowest BCUT2D eigenvalue weighted by Crippen LogP contribution is -2.29. The number of aromatic nitrogens is 1. The highest BCUT2D eigenvalue weighted by Crippen LogP contribution is 2.29. The molecule has 0 fully saturated rings. The number of para-hydroxylation sites is 2. The van der Waals surface area contributed by atoms with Crippen molar-refractivity contribution < 1.29 is 9.53 Å². The Morgan fingerprint density at radius 3 is 1.95 bits per heavy atom. The summed E-state index contributed by atoms with van der Waals surface area (Å²) >= 11 is 0. The number of fused-ring (bicyclic) bond motifs is 3. The molecule has 0 N–H and O–H groups in total. The van der Waals surface area contributed by atoms with E-state index in [0.29, 0.717) is 0 Å². The molecule has 0 saturated carbocycles. The van der Waals surface area contributed by atoms with E-state index < -0.39 is 5.60 Å². The molecular formula is C18H19NO2. The smallest absolute Gasteiger partial charge is 0.419 e. The van der Waals surface area contributed by atoms with Gasteiger partial charge in [0.05, 0.1) is 11.0 Å². The fourth-order valence-corrected chi connectivity index (χ4v) is 2.47. The maximum atomic E-state index is 12.6. The molecule has 0 aliphatic heterocycles. The molecule has 0 atom stereocenters. The Morgan fingerprint density at radius 1 is 1.00 bits per heavy atom. The lowest BCUT2D eigenvalue weighted by Gasteiger charge is -2.23. The predicted molar refractivity (Wildman–Crippen MR) is 85.7 cm³/mol. The summed E-state index contributed by atoms with van der Waals surface area (Å²) in [5.41, 5.74) is 1.30. The zero-order chi connectivity index (χ0) is 15.0. The second kappa shape index (κ2) is 4.92. The van der Waals surface area contributed by atoms with Crippen LogP contribution in [-0.2, 0) is 4.74 Å². The molecule has 0 aliphatic rings. The molecule has 21 heavy (non-hydrogen) atoms. The van der Waals surface area contributed by atoms with Crippen molar-refractivity contribution in [2.24, 2.45) is 0 Å². The highest BCUT2D eigenvalue weighted by molar-refractivity contribution is 6.12. The van der Waals surface area contributed by atoms with Crippen LogP contribution in [0.1, 0.15) is 27.2 Å². The molecule has 0 spiro atoms. The van der Waals surface area contributed by atoms with Gasteiger partial charge < -0.3 is 4.74 Å². The van der Waals surface area contributed by atoms with Crippen molar-refractivity contribution in [3.8, 4) is 0 Å². The van der Waals surface area contributed by atoms with Gasteiger partial charge in [-0.25, -0.2) is 9.36 Å². The third-order valence-corrected chi connectivity index (χ3v) is 3.98. The highest BCUT2D eigenvalue weighted by atomic mass is 16.6. The second-order valence-electron chi connectivity index (χ2n) is 5.85. The second-order valence-corrected chi connectivity index (χ2v) is 5.85. The first-order valence-electron chi connectivity index (χ1n) is 7.25. The normalized spacial score (nSPS) is 12.0. The minimum Gasteiger partial charge on any atom is -0.443 e. The maximum absolute atomic E-state index is 12.6. The van der Waals surface area contributed by atoms with E-state index in [1.165, 1.54) is 0 Å². The molecule has 3 aromatic rings. The van der Waals surface area contributed by atoms with Crippen LogP contribution in [0.2, 0.25) is 0 Å². The number of rotatable bonds is 2.